The zero-order valence-electron chi connectivity index (χ0n) is 15.2. The molecule has 0 saturated carbocycles. The van der Waals surface area contributed by atoms with Gasteiger partial charge >= 0.3 is 6.09 Å². The van der Waals surface area contributed by atoms with Crippen molar-refractivity contribution in [3.8, 4) is 11.5 Å². The highest BCUT2D eigenvalue weighted by Gasteiger charge is 2.26. The summed E-state index contributed by atoms with van der Waals surface area (Å²) < 4.78 is 38.6. The van der Waals surface area contributed by atoms with E-state index in [9.17, 15) is 13.2 Å². The van der Waals surface area contributed by atoms with E-state index in [0.29, 0.717) is 71.4 Å². The summed E-state index contributed by atoms with van der Waals surface area (Å²) >= 11 is 12.4. The van der Waals surface area contributed by atoms with Gasteiger partial charge in [0.05, 0.1) is 13.2 Å². The largest absolute Gasteiger partial charge is 0.490 e. The SMILES string of the molecule is CCc1c(S(=O)(=O)NC(=O)O)sc2cc(OCCCCl)c(OCCCCl)cc12. The van der Waals surface area contributed by atoms with Crippen molar-refractivity contribution in [1.82, 2.24) is 4.72 Å². The number of ether oxygens (including phenoxy) is 2. The fourth-order valence-corrected chi connectivity index (χ4v) is 5.53. The number of hydrogen-bond acceptors (Lipinski definition) is 6. The number of fused-ring (bicyclic) bond motifs is 1. The van der Waals surface area contributed by atoms with E-state index < -0.39 is 16.1 Å². The number of alkyl halides is 2. The Labute approximate surface area is 177 Å². The van der Waals surface area contributed by atoms with Crippen molar-refractivity contribution >= 4 is 60.7 Å². The predicted octanol–water partition coefficient (Wildman–Crippen LogP) is 4.44. The van der Waals surface area contributed by atoms with Crippen molar-refractivity contribution in [2.24, 2.45) is 0 Å². The molecule has 1 heterocycles. The van der Waals surface area contributed by atoms with Crippen molar-refractivity contribution in [3.63, 3.8) is 0 Å². The van der Waals surface area contributed by atoms with Crippen LogP contribution in [0.5, 0.6) is 11.5 Å². The quantitative estimate of drug-likeness (QED) is 0.372. The van der Waals surface area contributed by atoms with Crippen LogP contribution in [-0.4, -0.2) is 44.6 Å². The number of carbonyl (C=O) groups is 1. The first-order chi connectivity index (χ1) is 13.3. The molecule has 0 radical (unpaired) electrons. The van der Waals surface area contributed by atoms with Gasteiger partial charge in [0.1, 0.15) is 4.21 Å². The third kappa shape index (κ3) is 5.56. The molecule has 0 bridgehead atoms. The zero-order valence-corrected chi connectivity index (χ0v) is 18.3. The van der Waals surface area contributed by atoms with E-state index >= 15 is 0 Å². The highest BCUT2D eigenvalue weighted by molar-refractivity contribution is 7.92. The third-order valence-corrected chi connectivity index (χ3v) is 7.32. The molecular weight excluding hydrogens is 449 g/mol. The second-order valence-electron chi connectivity index (χ2n) is 5.71. The molecule has 7 nitrogen and oxygen atoms in total. The molecule has 0 fully saturated rings. The summed E-state index contributed by atoms with van der Waals surface area (Å²) in [5, 5.41) is 9.51. The molecule has 0 aliphatic heterocycles. The second kappa shape index (κ2) is 10.4. The molecule has 28 heavy (non-hydrogen) atoms. The molecule has 0 unspecified atom stereocenters. The Balaban J connectivity index is 2.54. The molecule has 0 saturated heterocycles. The summed E-state index contributed by atoms with van der Waals surface area (Å²) in [4.78, 5) is 10.9. The highest BCUT2D eigenvalue weighted by Crippen LogP contribution is 2.41. The fraction of sp³-hybridized carbons (Fsp3) is 0.471. The zero-order chi connectivity index (χ0) is 20.7. The van der Waals surface area contributed by atoms with Crippen LogP contribution in [0.3, 0.4) is 0 Å². The number of nitrogens with one attached hydrogen (secondary N) is 1. The molecule has 1 aromatic heterocycles. The minimum absolute atomic E-state index is 0.0305. The van der Waals surface area contributed by atoms with Crippen molar-refractivity contribution in [2.75, 3.05) is 25.0 Å². The van der Waals surface area contributed by atoms with Gasteiger partial charge in [-0.3, -0.25) is 0 Å². The number of sulfonamides is 1. The van der Waals surface area contributed by atoms with Crippen molar-refractivity contribution in [1.29, 1.82) is 0 Å². The normalized spacial score (nSPS) is 11.5. The summed E-state index contributed by atoms with van der Waals surface area (Å²) in [5.74, 6) is 1.86. The van der Waals surface area contributed by atoms with E-state index in [1.165, 1.54) is 0 Å². The molecule has 0 spiro atoms. The maximum Gasteiger partial charge on any atom is 0.418 e. The molecule has 2 N–H and O–H groups in total. The predicted molar refractivity (Wildman–Crippen MR) is 111 cm³/mol. The standard InChI is InChI=1S/C17H21Cl2NO6S2/c1-2-11-12-9-13(25-7-3-5-18)14(26-8-4-6-19)10-15(12)27-16(11)28(23,24)20-17(21)22/h9-10,20H,2-8H2,1H3,(H,21,22). The molecule has 11 heteroatoms. The molecule has 1 aromatic carbocycles. The molecule has 156 valence electrons. The molecule has 2 rings (SSSR count). The van der Waals surface area contributed by atoms with Crippen LogP contribution in [0.25, 0.3) is 10.1 Å². The van der Waals surface area contributed by atoms with E-state index in [2.05, 4.69) is 0 Å². The molecule has 0 aliphatic rings. The van der Waals surface area contributed by atoms with Crippen LogP contribution >= 0.6 is 34.5 Å². The Morgan fingerprint density at radius 1 is 1.14 bits per heavy atom. The highest BCUT2D eigenvalue weighted by atomic mass is 35.5. The lowest BCUT2D eigenvalue weighted by Gasteiger charge is -2.13. The molecule has 1 amide bonds. The van der Waals surface area contributed by atoms with Gasteiger partial charge in [0.2, 0.25) is 0 Å². The maximum absolute atomic E-state index is 12.4. The maximum atomic E-state index is 12.4. The minimum Gasteiger partial charge on any atom is -0.490 e. The van der Waals surface area contributed by atoms with E-state index in [4.69, 9.17) is 37.8 Å². The summed E-state index contributed by atoms with van der Waals surface area (Å²) in [6.45, 7) is 2.58. The Morgan fingerprint density at radius 3 is 2.21 bits per heavy atom. The molecule has 2 aromatic rings. The van der Waals surface area contributed by atoms with Gasteiger partial charge in [-0.2, -0.15) is 0 Å². The monoisotopic (exact) mass is 469 g/mol. The molecular formula is C17H21Cl2NO6S2. The Hall–Kier alpha value is -1.42. The number of benzene rings is 1. The Bertz CT molecular complexity index is 929. The van der Waals surface area contributed by atoms with E-state index in [1.54, 1.807) is 23.8 Å². The van der Waals surface area contributed by atoms with Crippen LogP contribution in [0, 0.1) is 0 Å². The van der Waals surface area contributed by atoms with Gasteiger partial charge in [0, 0.05) is 27.9 Å². The number of halogens is 2. The van der Waals surface area contributed by atoms with Gasteiger partial charge < -0.3 is 14.6 Å². The number of amides is 1. The van der Waals surface area contributed by atoms with Gasteiger partial charge in [-0.05, 0) is 30.9 Å². The van der Waals surface area contributed by atoms with Crippen LogP contribution in [-0.2, 0) is 16.4 Å². The van der Waals surface area contributed by atoms with Crippen LogP contribution in [0.1, 0.15) is 25.3 Å². The first-order valence-electron chi connectivity index (χ1n) is 8.56. The second-order valence-corrected chi connectivity index (χ2v) is 9.40. The summed E-state index contributed by atoms with van der Waals surface area (Å²) in [6, 6.07) is 3.44. The smallest absolute Gasteiger partial charge is 0.418 e. The average molecular weight is 470 g/mol. The van der Waals surface area contributed by atoms with E-state index in [0.717, 1.165) is 11.3 Å². The number of thiophene rings is 1. The molecule has 0 atom stereocenters. The topological polar surface area (TPSA) is 102 Å². The van der Waals surface area contributed by atoms with Gasteiger partial charge in [0.15, 0.2) is 11.5 Å². The summed E-state index contributed by atoms with van der Waals surface area (Å²) in [7, 11) is -4.18. The van der Waals surface area contributed by atoms with Gasteiger partial charge in [-0.1, -0.05) is 6.92 Å². The summed E-state index contributed by atoms with van der Waals surface area (Å²) in [5.41, 5.74) is 0.531. The Morgan fingerprint density at radius 2 is 1.71 bits per heavy atom. The Kier molecular flexibility index (Phi) is 8.48. The van der Waals surface area contributed by atoms with Crippen molar-refractivity contribution in [2.45, 2.75) is 30.4 Å². The minimum atomic E-state index is -4.18. The first kappa shape index (κ1) is 22.9. The number of rotatable bonds is 11. The fourth-order valence-electron chi connectivity index (χ4n) is 2.55. The number of aryl methyl sites for hydroxylation is 1. The van der Waals surface area contributed by atoms with Crippen molar-refractivity contribution < 1.29 is 27.8 Å². The van der Waals surface area contributed by atoms with Crippen LogP contribution in [0.4, 0.5) is 4.79 Å². The lowest BCUT2D eigenvalue weighted by atomic mass is 10.1. The van der Waals surface area contributed by atoms with E-state index in [-0.39, 0.29) is 4.21 Å². The lowest BCUT2D eigenvalue weighted by Crippen LogP contribution is -2.28. The van der Waals surface area contributed by atoms with Gasteiger partial charge in [0.25, 0.3) is 10.0 Å². The van der Waals surface area contributed by atoms with Crippen LogP contribution in [0.15, 0.2) is 16.3 Å². The van der Waals surface area contributed by atoms with Crippen LogP contribution < -0.4 is 14.2 Å². The molecule has 0 aliphatic carbocycles. The first-order valence-corrected chi connectivity index (χ1v) is 11.9. The number of carboxylic acid groups (broad SMARTS) is 1. The number of hydrogen-bond donors (Lipinski definition) is 2. The summed E-state index contributed by atoms with van der Waals surface area (Å²) in [6.07, 6.45) is 0.0686. The lowest BCUT2D eigenvalue weighted by molar-refractivity contribution is 0.201. The van der Waals surface area contributed by atoms with Crippen LogP contribution in [0.2, 0.25) is 0 Å². The average Bonchev–Trinajstić information content (AvgIpc) is 2.99. The van der Waals surface area contributed by atoms with E-state index in [1.807, 2.05) is 0 Å². The third-order valence-electron chi connectivity index (χ3n) is 3.71. The van der Waals surface area contributed by atoms with Gasteiger partial charge in [-0.25, -0.2) is 17.9 Å². The van der Waals surface area contributed by atoms with Gasteiger partial charge in [-0.15, -0.1) is 34.5 Å². The van der Waals surface area contributed by atoms with Crippen molar-refractivity contribution in [3.05, 3.63) is 17.7 Å².